The van der Waals surface area contributed by atoms with Crippen molar-refractivity contribution in [3.63, 3.8) is 0 Å². The molecule has 0 bridgehead atoms. The second-order valence-corrected chi connectivity index (χ2v) is 5.59. The highest BCUT2D eigenvalue weighted by Gasteiger charge is 2.00. The van der Waals surface area contributed by atoms with Crippen LogP contribution in [0.25, 0.3) is 0 Å². The van der Waals surface area contributed by atoms with Gasteiger partial charge in [-0.15, -0.1) is 6.58 Å². The van der Waals surface area contributed by atoms with E-state index >= 15 is 0 Å². The molecule has 0 aliphatic heterocycles. The number of carbonyl (C=O) groups excluding carboxylic acids is 2. The molecule has 0 aliphatic rings. The van der Waals surface area contributed by atoms with Gasteiger partial charge in [-0.1, -0.05) is 39.2 Å². The smallest absolute Gasteiger partial charge is 0.158 e. The van der Waals surface area contributed by atoms with E-state index < -0.39 is 0 Å². The maximum absolute atomic E-state index is 10.6. The number of aliphatic hydroxyl groups is 1. The molecule has 0 rings (SSSR count). The third kappa shape index (κ3) is 22.2. The van der Waals surface area contributed by atoms with Crippen LogP contribution in [0.3, 0.4) is 0 Å². The summed E-state index contributed by atoms with van der Waals surface area (Å²) in [5.41, 5.74) is 0. The van der Waals surface area contributed by atoms with Gasteiger partial charge in [0.25, 0.3) is 0 Å². The lowest BCUT2D eigenvalue weighted by Gasteiger charge is -1.98. The van der Waals surface area contributed by atoms with E-state index in [0.717, 1.165) is 19.3 Å². The lowest BCUT2D eigenvalue weighted by atomic mass is 10.1. The predicted molar refractivity (Wildman–Crippen MR) is 84.7 cm³/mol. The van der Waals surface area contributed by atoms with Gasteiger partial charge >= 0.3 is 0 Å². The molecule has 0 heterocycles. The quantitative estimate of drug-likeness (QED) is 0.459. The number of ketones is 2. The first-order valence-corrected chi connectivity index (χ1v) is 7.66. The monoisotopic (exact) mass is 284 g/mol. The van der Waals surface area contributed by atoms with Gasteiger partial charge in [0.2, 0.25) is 0 Å². The van der Waals surface area contributed by atoms with E-state index in [1.54, 1.807) is 6.92 Å². The number of hydrogen-bond donors (Lipinski definition) is 1. The first-order valence-electron chi connectivity index (χ1n) is 7.66. The second kappa shape index (κ2) is 16.1. The van der Waals surface area contributed by atoms with E-state index in [1.165, 1.54) is 25.7 Å². The van der Waals surface area contributed by atoms with Gasteiger partial charge in [-0.05, 0) is 32.1 Å². The molecule has 0 radical (unpaired) electrons. The molecule has 0 aromatic rings. The van der Waals surface area contributed by atoms with Crippen LogP contribution in [0.1, 0.15) is 72.1 Å². The van der Waals surface area contributed by atoms with E-state index in [9.17, 15) is 9.59 Å². The Morgan fingerprint density at radius 1 is 1.10 bits per heavy atom. The molecule has 0 aliphatic carbocycles. The molecule has 20 heavy (non-hydrogen) atoms. The Kier molecular flexibility index (Phi) is 17.2. The molecule has 0 saturated heterocycles. The predicted octanol–water partition coefficient (Wildman–Crippen LogP) is 4.09. The Morgan fingerprint density at radius 3 is 2.05 bits per heavy atom. The molecule has 3 heteroatoms. The van der Waals surface area contributed by atoms with Gasteiger partial charge in [0, 0.05) is 12.8 Å². The fourth-order valence-electron chi connectivity index (χ4n) is 1.71. The Labute approximate surface area is 124 Å². The molecule has 1 N–H and O–H groups in total. The van der Waals surface area contributed by atoms with Crippen molar-refractivity contribution in [1.29, 1.82) is 0 Å². The Balaban J connectivity index is 0. The molecule has 0 aromatic carbocycles. The summed E-state index contributed by atoms with van der Waals surface area (Å²) >= 11 is 0. The first kappa shape index (κ1) is 21.3. The van der Waals surface area contributed by atoms with Gasteiger partial charge < -0.3 is 9.90 Å². The van der Waals surface area contributed by atoms with Crippen molar-refractivity contribution in [2.45, 2.75) is 72.1 Å². The summed E-state index contributed by atoms with van der Waals surface area (Å²) in [6.45, 7) is 8.93. The molecule has 0 saturated carbocycles. The molecule has 3 nitrogen and oxygen atoms in total. The van der Waals surface area contributed by atoms with Crippen LogP contribution in [0, 0.1) is 5.92 Å². The van der Waals surface area contributed by atoms with Crippen LogP contribution in [0.2, 0.25) is 0 Å². The van der Waals surface area contributed by atoms with Crippen LogP contribution in [0.5, 0.6) is 0 Å². The van der Waals surface area contributed by atoms with E-state index in [4.69, 9.17) is 5.11 Å². The van der Waals surface area contributed by atoms with Gasteiger partial charge in [0.15, 0.2) is 5.78 Å². The minimum atomic E-state index is -0.307. The van der Waals surface area contributed by atoms with E-state index in [1.807, 2.05) is 19.9 Å². The van der Waals surface area contributed by atoms with Gasteiger partial charge in [-0.25, -0.2) is 0 Å². The highest BCUT2D eigenvalue weighted by molar-refractivity contribution is 5.79. The summed E-state index contributed by atoms with van der Waals surface area (Å²) < 4.78 is 0. The number of Topliss-reactive ketones (excluding diaryl/α,β-unsaturated/α-hetero) is 2. The summed E-state index contributed by atoms with van der Waals surface area (Å²) in [5.74, 6) is 0.621. The molecule has 0 amide bonds. The molecule has 0 fully saturated rings. The van der Waals surface area contributed by atoms with Gasteiger partial charge in [0.1, 0.15) is 12.4 Å². The zero-order chi connectivity index (χ0) is 15.8. The first-order chi connectivity index (χ1) is 9.43. The molecule has 0 spiro atoms. The van der Waals surface area contributed by atoms with E-state index in [-0.39, 0.29) is 12.4 Å². The van der Waals surface area contributed by atoms with E-state index in [0.29, 0.717) is 18.1 Å². The number of aliphatic hydroxyl groups excluding tert-OH is 1. The third-order valence-corrected chi connectivity index (χ3v) is 2.75. The molecular weight excluding hydrogens is 252 g/mol. The van der Waals surface area contributed by atoms with Crippen LogP contribution < -0.4 is 0 Å². The van der Waals surface area contributed by atoms with Gasteiger partial charge in [-0.3, -0.25) is 4.79 Å². The lowest BCUT2D eigenvalue weighted by molar-refractivity contribution is -0.122. The van der Waals surface area contributed by atoms with Crippen molar-refractivity contribution in [2.24, 2.45) is 5.92 Å². The lowest BCUT2D eigenvalue weighted by Crippen LogP contribution is -2.06. The number of allylic oxidation sites excluding steroid dienone is 1. The molecule has 118 valence electrons. The standard InChI is InChI=1S/C11H20O.C6H12O2/c1-3-4-5-6-7-8-9-10-11(2)12;1-5(2)3-6(8)4-7/h3H,1,4-10H2,2H3;5,7H,3-4H2,1-2H3. The maximum Gasteiger partial charge on any atom is 0.158 e. The summed E-state index contributed by atoms with van der Waals surface area (Å²) in [5, 5.41) is 8.23. The normalized spacial score (nSPS) is 9.85. The van der Waals surface area contributed by atoms with Crippen molar-refractivity contribution < 1.29 is 14.7 Å². The fraction of sp³-hybridized carbons (Fsp3) is 0.765. The Bertz CT molecular complexity index is 257. The highest BCUT2D eigenvalue weighted by atomic mass is 16.3. The fourth-order valence-corrected chi connectivity index (χ4v) is 1.71. The SMILES string of the molecule is C=CCCCCCCCC(C)=O.CC(C)CC(=O)CO. The summed E-state index contributed by atoms with van der Waals surface area (Å²) in [6, 6.07) is 0. The van der Waals surface area contributed by atoms with Crippen LogP contribution in [0.4, 0.5) is 0 Å². The van der Waals surface area contributed by atoms with Crippen LogP contribution in [-0.4, -0.2) is 23.3 Å². The van der Waals surface area contributed by atoms with Gasteiger partial charge in [0.05, 0.1) is 0 Å². The molecular formula is C17H32O3. The topological polar surface area (TPSA) is 54.4 Å². The second-order valence-electron chi connectivity index (χ2n) is 5.59. The Morgan fingerprint density at radius 2 is 1.65 bits per heavy atom. The number of rotatable bonds is 11. The summed E-state index contributed by atoms with van der Waals surface area (Å²) in [6.07, 6.45) is 10.4. The third-order valence-electron chi connectivity index (χ3n) is 2.75. The largest absolute Gasteiger partial charge is 0.389 e. The average Bonchev–Trinajstić information content (AvgIpc) is 2.37. The minimum Gasteiger partial charge on any atom is -0.389 e. The van der Waals surface area contributed by atoms with Crippen LogP contribution >= 0.6 is 0 Å². The number of unbranched alkanes of at least 4 members (excludes halogenated alkanes) is 5. The van der Waals surface area contributed by atoms with Gasteiger partial charge in [-0.2, -0.15) is 0 Å². The van der Waals surface area contributed by atoms with Crippen molar-refractivity contribution in [2.75, 3.05) is 6.61 Å². The van der Waals surface area contributed by atoms with Crippen molar-refractivity contribution in [3.8, 4) is 0 Å². The summed E-state index contributed by atoms with van der Waals surface area (Å²) in [7, 11) is 0. The van der Waals surface area contributed by atoms with Crippen LogP contribution in [0.15, 0.2) is 12.7 Å². The van der Waals surface area contributed by atoms with Crippen molar-refractivity contribution >= 4 is 11.6 Å². The molecule has 0 atom stereocenters. The van der Waals surface area contributed by atoms with Crippen LogP contribution in [-0.2, 0) is 9.59 Å². The van der Waals surface area contributed by atoms with Crippen molar-refractivity contribution in [3.05, 3.63) is 12.7 Å². The number of carbonyl (C=O) groups is 2. The zero-order valence-corrected chi connectivity index (χ0v) is 13.5. The van der Waals surface area contributed by atoms with Crippen molar-refractivity contribution in [1.82, 2.24) is 0 Å². The molecule has 0 aromatic heterocycles. The highest BCUT2D eigenvalue weighted by Crippen LogP contribution is 2.07. The maximum atomic E-state index is 10.6. The summed E-state index contributed by atoms with van der Waals surface area (Å²) in [4.78, 5) is 20.9. The van der Waals surface area contributed by atoms with E-state index in [2.05, 4.69) is 6.58 Å². The molecule has 0 unspecified atom stereocenters. The minimum absolute atomic E-state index is 0.0694. The number of hydrogen-bond acceptors (Lipinski definition) is 3. The average molecular weight is 284 g/mol. The Hall–Kier alpha value is -0.960. The zero-order valence-electron chi connectivity index (χ0n) is 13.5.